The number of benzene rings is 2. The van der Waals surface area contributed by atoms with Crippen LogP contribution in [0.3, 0.4) is 0 Å². The van der Waals surface area contributed by atoms with Gasteiger partial charge in [0.15, 0.2) is 18.0 Å². The summed E-state index contributed by atoms with van der Waals surface area (Å²) >= 11 is 3.01. The van der Waals surface area contributed by atoms with Gasteiger partial charge in [-0.15, -0.1) is 0 Å². The SMILES string of the molecule is CCCCN1C(=C(C2=C([O-])C(=C3C=CC(=[N+](CC)CC)C=C3)C2=O)C2=C(O)C(=Cc3sc4ccccc4[n+]3CCCC)C2=O)Sc2ccccc21. The fraction of sp³-hybridized carbons (Fsp3) is 0.286. The van der Waals surface area contributed by atoms with E-state index in [4.69, 9.17) is 0 Å². The first-order valence-electron chi connectivity index (χ1n) is 17.9. The Morgan fingerprint density at radius 3 is 2.29 bits per heavy atom. The minimum atomic E-state index is -0.405. The van der Waals surface area contributed by atoms with Gasteiger partial charge in [0.1, 0.15) is 23.5 Å². The highest BCUT2D eigenvalue weighted by atomic mass is 32.2. The predicted molar refractivity (Wildman–Crippen MR) is 205 cm³/mol. The second-order valence-electron chi connectivity index (χ2n) is 12.9. The second kappa shape index (κ2) is 14.5. The summed E-state index contributed by atoms with van der Waals surface area (Å²) in [5.41, 5.74) is 4.16. The molecular formula is C42H42N3O4S2+. The first kappa shape index (κ1) is 34.7. The van der Waals surface area contributed by atoms with Crippen LogP contribution < -0.4 is 14.6 Å². The molecule has 51 heavy (non-hydrogen) atoms. The molecule has 1 aliphatic heterocycles. The van der Waals surface area contributed by atoms with Gasteiger partial charge in [0.2, 0.25) is 11.3 Å². The van der Waals surface area contributed by atoms with Crippen LogP contribution in [0.1, 0.15) is 58.4 Å². The molecule has 260 valence electrons. The molecule has 2 heterocycles. The molecule has 1 N–H and O–H groups in total. The summed E-state index contributed by atoms with van der Waals surface area (Å²) in [4.78, 5) is 31.5. The van der Waals surface area contributed by atoms with E-state index in [0.29, 0.717) is 17.1 Å². The van der Waals surface area contributed by atoms with Crippen molar-refractivity contribution in [2.24, 2.45) is 0 Å². The van der Waals surface area contributed by atoms with Crippen molar-refractivity contribution in [3.05, 3.63) is 128 Å². The zero-order valence-corrected chi connectivity index (χ0v) is 31.1. The highest BCUT2D eigenvalue weighted by Gasteiger charge is 2.46. The lowest BCUT2D eigenvalue weighted by Gasteiger charge is -2.37. The monoisotopic (exact) mass is 716 g/mol. The van der Waals surface area contributed by atoms with Crippen molar-refractivity contribution in [1.29, 1.82) is 0 Å². The van der Waals surface area contributed by atoms with E-state index >= 15 is 0 Å². The maximum atomic E-state index is 14.3. The summed E-state index contributed by atoms with van der Waals surface area (Å²) in [6.45, 7) is 11.6. The van der Waals surface area contributed by atoms with Crippen LogP contribution in [-0.4, -0.2) is 46.6 Å². The molecule has 0 saturated carbocycles. The highest BCUT2D eigenvalue weighted by Crippen LogP contribution is 2.53. The molecule has 0 bridgehead atoms. The van der Waals surface area contributed by atoms with Gasteiger partial charge in [0.05, 0.1) is 21.9 Å². The minimum absolute atomic E-state index is 0.0342. The summed E-state index contributed by atoms with van der Waals surface area (Å²) in [6.07, 6.45) is 13.1. The number of thioether (sulfide) groups is 1. The number of Topliss-reactive ketones (excluding diaryl/α,β-unsaturated/α-hetero) is 2. The quantitative estimate of drug-likeness (QED) is 0.163. The number of aliphatic hydroxyl groups is 1. The number of fused-ring (bicyclic) bond motifs is 2. The maximum Gasteiger partial charge on any atom is 0.263 e. The van der Waals surface area contributed by atoms with Crippen molar-refractivity contribution in [2.45, 2.75) is 64.8 Å². The number of nitrogens with zero attached hydrogens (tertiary/aromatic N) is 3. The molecular weight excluding hydrogens is 675 g/mol. The van der Waals surface area contributed by atoms with Gasteiger partial charge in [0, 0.05) is 58.9 Å². The van der Waals surface area contributed by atoms with E-state index in [1.54, 1.807) is 17.4 Å². The smallest absolute Gasteiger partial charge is 0.263 e. The lowest BCUT2D eigenvalue weighted by atomic mass is 9.73. The molecule has 0 atom stereocenters. The van der Waals surface area contributed by atoms with Crippen LogP contribution in [0, 0.1) is 0 Å². The van der Waals surface area contributed by atoms with Crippen molar-refractivity contribution >= 4 is 62.4 Å². The van der Waals surface area contributed by atoms with Crippen LogP contribution in [0.5, 0.6) is 0 Å². The van der Waals surface area contributed by atoms with Crippen LogP contribution >= 0.6 is 23.1 Å². The van der Waals surface area contributed by atoms with Crippen molar-refractivity contribution in [2.75, 3.05) is 24.5 Å². The van der Waals surface area contributed by atoms with E-state index in [1.807, 2.05) is 60.7 Å². The van der Waals surface area contributed by atoms with E-state index in [9.17, 15) is 19.8 Å². The fourth-order valence-electron chi connectivity index (χ4n) is 7.03. The molecule has 0 unspecified atom stereocenters. The van der Waals surface area contributed by atoms with Crippen molar-refractivity contribution in [3.8, 4) is 0 Å². The fourth-order valence-corrected chi connectivity index (χ4v) is 9.40. The van der Waals surface area contributed by atoms with Gasteiger partial charge in [-0.25, -0.2) is 4.58 Å². The summed E-state index contributed by atoms with van der Waals surface area (Å²) in [7, 11) is 0. The number of aryl methyl sites for hydroxylation is 1. The molecule has 0 spiro atoms. The molecule has 2 aromatic carbocycles. The summed E-state index contributed by atoms with van der Waals surface area (Å²) in [5.74, 6) is -1.36. The van der Waals surface area contributed by atoms with Gasteiger partial charge in [0.25, 0.3) is 5.01 Å². The first-order valence-corrected chi connectivity index (χ1v) is 19.6. The third-order valence-electron chi connectivity index (χ3n) is 9.85. The molecule has 0 amide bonds. The number of ketones is 2. The Bertz CT molecular complexity index is 2220. The Kier molecular flexibility index (Phi) is 9.86. The van der Waals surface area contributed by atoms with E-state index < -0.39 is 11.5 Å². The van der Waals surface area contributed by atoms with Gasteiger partial charge in [-0.2, -0.15) is 4.57 Å². The summed E-state index contributed by atoms with van der Waals surface area (Å²) < 4.78 is 5.50. The number of carbonyl (C=O) groups excluding carboxylic acids is 2. The van der Waals surface area contributed by atoms with E-state index in [1.165, 1.54) is 11.8 Å². The zero-order valence-electron chi connectivity index (χ0n) is 29.5. The van der Waals surface area contributed by atoms with Crippen molar-refractivity contribution < 1.29 is 28.9 Å². The van der Waals surface area contributed by atoms with Crippen LogP contribution in [0.15, 0.2) is 128 Å². The molecule has 7 nitrogen and oxygen atoms in total. The number of unbranched alkanes of at least 4 members (excludes halogenated alkanes) is 2. The number of aromatic nitrogens is 1. The Morgan fingerprint density at radius 1 is 0.902 bits per heavy atom. The number of para-hydroxylation sites is 2. The molecule has 1 aromatic heterocycles. The Balaban J connectivity index is 1.38. The standard InChI is InChI=1S/C42H41N3O4S2/c1-5-9-23-44-29-15-11-13-17-31(29)50-33(44)25-28-38(46)36(39(28)47)35(42-45(24-10-6-2)30-16-12-14-18-32(30)51-42)37-40(48)34(41(37)49)26-19-21-27(22-20-26)43(7-3)8-4/h11-22,25H,5-10,23-24H2,1-4H3/p+1. The minimum Gasteiger partial charge on any atom is -0.871 e. The number of thiazole rings is 1. The average molecular weight is 717 g/mol. The maximum absolute atomic E-state index is 14.3. The Labute approximate surface area is 307 Å². The van der Waals surface area contributed by atoms with Gasteiger partial charge in [-0.1, -0.05) is 79.8 Å². The number of rotatable bonds is 11. The molecule has 4 aliphatic rings. The molecule has 0 fully saturated rings. The van der Waals surface area contributed by atoms with Gasteiger partial charge in [-0.3, -0.25) is 9.59 Å². The topological polar surface area (TPSA) is 87.6 Å². The number of hydrogen-bond donors (Lipinski definition) is 1. The Hall–Kier alpha value is -4.73. The highest BCUT2D eigenvalue weighted by molar-refractivity contribution is 8.03. The molecule has 0 saturated heterocycles. The largest absolute Gasteiger partial charge is 0.871 e. The van der Waals surface area contributed by atoms with Crippen LogP contribution in [-0.2, 0) is 16.1 Å². The number of carbonyl (C=O) groups is 2. The van der Waals surface area contributed by atoms with Crippen LogP contribution in [0.25, 0.3) is 16.3 Å². The third kappa shape index (κ3) is 5.96. The lowest BCUT2D eigenvalue weighted by molar-refractivity contribution is -0.669. The van der Waals surface area contributed by atoms with Gasteiger partial charge < -0.3 is 15.1 Å². The second-order valence-corrected chi connectivity index (χ2v) is 15.0. The normalized spacial score (nSPS) is 18.8. The van der Waals surface area contributed by atoms with Gasteiger partial charge >= 0.3 is 0 Å². The van der Waals surface area contributed by atoms with Gasteiger partial charge in [-0.05, 0) is 56.2 Å². The summed E-state index contributed by atoms with van der Waals surface area (Å²) in [6, 6.07) is 16.1. The number of anilines is 1. The summed E-state index contributed by atoms with van der Waals surface area (Å²) in [5, 5.41) is 27.5. The third-order valence-corrected chi connectivity index (χ3v) is 12.1. The Morgan fingerprint density at radius 2 is 1.61 bits per heavy atom. The number of hydrogen-bond acceptors (Lipinski definition) is 7. The van der Waals surface area contributed by atoms with E-state index in [0.717, 1.165) is 76.8 Å². The number of allylic oxidation sites excluding steroid dienone is 10. The molecule has 0 radical (unpaired) electrons. The van der Waals surface area contributed by atoms with Crippen molar-refractivity contribution in [3.63, 3.8) is 0 Å². The molecule has 9 heteroatoms. The van der Waals surface area contributed by atoms with Crippen LogP contribution in [0.2, 0.25) is 0 Å². The molecule has 3 aliphatic carbocycles. The average Bonchev–Trinajstić information content (AvgIpc) is 3.70. The predicted octanol–water partition coefficient (Wildman–Crippen LogP) is 7.50. The molecule has 3 aromatic rings. The number of aliphatic hydroxyl groups excluding tert-OH is 1. The molecule has 7 rings (SSSR count). The van der Waals surface area contributed by atoms with Crippen LogP contribution in [0.4, 0.5) is 5.69 Å². The van der Waals surface area contributed by atoms with E-state index in [-0.39, 0.29) is 39.4 Å². The zero-order chi connectivity index (χ0) is 35.8. The first-order chi connectivity index (χ1) is 24.8. The van der Waals surface area contributed by atoms with Crippen molar-refractivity contribution in [1.82, 2.24) is 0 Å². The lowest BCUT2D eigenvalue weighted by Crippen LogP contribution is -2.38. The van der Waals surface area contributed by atoms with E-state index in [2.05, 4.69) is 53.9 Å².